The number of nitrogens with one attached hydrogen (secondary N) is 1. The van der Waals surface area contributed by atoms with Crippen molar-refractivity contribution >= 4 is 23.6 Å². The van der Waals surface area contributed by atoms with Crippen LogP contribution in [-0.4, -0.2) is 59.8 Å². The number of morpholine rings is 1. The molecule has 3 rings (SSSR count). The van der Waals surface area contributed by atoms with Crippen LogP contribution in [0, 0.1) is 0 Å². The van der Waals surface area contributed by atoms with E-state index in [-0.39, 0.29) is 5.91 Å². The van der Waals surface area contributed by atoms with Gasteiger partial charge in [0, 0.05) is 26.2 Å². The summed E-state index contributed by atoms with van der Waals surface area (Å²) in [6.07, 6.45) is 0. The fourth-order valence-corrected chi connectivity index (χ4v) is 3.61. The first-order chi connectivity index (χ1) is 13.2. The molecule has 1 aromatic carbocycles. The van der Waals surface area contributed by atoms with Crippen molar-refractivity contribution in [2.24, 2.45) is 0 Å². The number of aromatic nitrogens is 3. The lowest BCUT2D eigenvalue weighted by atomic mass is 10.2. The standard InChI is InChI=1S/C18H25N5O3S/c1-3-23-17(22-8-10-26-11-9-22)20-21-18(23)27-13-16(24)19-12-14-4-6-15(25-2)7-5-14/h4-7H,3,8-13H2,1-2H3,(H,19,24). The van der Waals surface area contributed by atoms with Crippen molar-refractivity contribution in [2.75, 3.05) is 44.1 Å². The van der Waals surface area contributed by atoms with Crippen LogP contribution in [0.5, 0.6) is 5.75 Å². The summed E-state index contributed by atoms with van der Waals surface area (Å²) in [7, 11) is 1.63. The van der Waals surface area contributed by atoms with Gasteiger partial charge in [-0.3, -0.25) is 9.36 Å². The van der Waals surface area contributed by atoms with Gasteiger partial charge in [0.05, 0.1) is 26.1 Å². The molecule has 1 aliphatic rings. The fourth-order valence-electron chi connectivity index (χ4n) is 2.79. The van der Waals surface area contributed by atoms with E-state index in [1.54, 1.807) is 7.11 Å². The van der Waals surface area contributed by atoms with E-state index in [0.717, 1.165) is 42.1 Å². The molecule has 27 heavy (non-hydrogen) atoms. The van der Waals surface area contributed by atoms with Gasteiger partial charge in [-0.05, 0) is 24.6 Å². The molecule has 0 unspecified atom stereocenters. The molecule has 1 aromatic heterocycles. The third-order valence-corrected chi connectivity index (χ3v) is 5.26. The molecule has 146 valence electrons. The van der Waals surface area contributed by atoms with Gasteiger partial charge >= 0.3 is 0 Å². The predicted octanol–water partition coefficient (Wildman–Crippen LogP) is 1.55. The number of hydrogen-bond donors (Lipinski definition) is 1. The largest absolute Gasteiger partial charge is 0.497 e. The van der Waals surface area contributed by atoms with E-state index in [9.17, 15) is 4.79 Å². The summed E-state index contributed by atoms with van der Waals surface area (Å²) in [6.45, 7) is 6.33. The molecule has 2 aromatic rings. The van der Waals surface area contributed by atoms with Crippen LogP contribution in [0.3, 0.4) is 0 Å². The Morgan fingerprint density at radius 2 is 2.00 bits per heavy atom. The van der Waals surface area contributed by atoms with Crippen molar-refractivity contribution in [1.29, 1.82) is 0 Å². The number of ether oxygens (including phenoxy) is 2. The molecule has 0 bridgehead atoms. The topological polar surface area (TPSA) is 81.5 Å². The average Bonchev–Trinajstić information content (AvgIpc) is 3.14. The number of carbonyl (C=O) groups is 1. The van der Waals surface area contributed by atoms with E-state index < -0.39 is 0 Å². The van der Waals surface area contributed by atoms with Gasteiger partial charge in [0.25, 0.3) is 0 Å². The smallest absolute Gasteiger partial charge is 0.230 e. The van der Waals surface area contributed by atoms with Crippen molar-refractivity contribution in [2.45, 2.75) is 25.2 Å². The summed E-state index contributed by atoms with van der Waals surface area (Å²) in [5.74, 6) is 1.92. The summed E-state index contributed by atoms with van der Waals surface area (Å²) in [6, 6.07) is 7.64. The minimum absolute atomic E-state index is 0.0330. The molecule has 0 radical (unpaired) electrons. The molecule has 0 aliphatic carbocycles. The Kier molecular flexibility index (Phi) is 6.94. The second-order valence-electron chi connectivity index (χ2n) is 6.04. The highest BCUT2D eigenvalue weighted by atomic mass is 32.2. The van der Waals surface area contributed by atoms with Crippen molar-refractivity contribution < 1.29 is 14.3 Å². The predicted molar refractivity (Wildman–Crippen MR) is 104 cm³/mol. The second-order valence-corrected chi connectivity index (χ2v) is 6.98. The van der Waals surface area contributed by atoms with Gasteiger partial charge in [0.15, 0.2) is 5.16 Å². The lowest BCUT2D eigenvalue weighted by Gasteiger charge is -2.27. The molecule has 0 saturated carbocycles. The van der Waals surface area contributed by atoms with Crippen LogP contribution in [-0.2, 0) is 22.6 Å². The van der Waals surface area contributed by atoms with Crippen molar-refractivity contribution in [3.05, 3.63) is 29.8 Å². The van der Waals surface area contributed by atoms with E-state index in [4.69, 9.17) is 9.47 Å². The number of anilines is 1. The number of amides is 1. The Morgan fingerprint density at radius 3 is 2.67 bits per heavy atom. The van der Waals surface area contributed by atoms with Gasteiger partial charge in [0.2, 0.25) is 11.9 Å². The number of methoxy groups -OCH3 is 1. The first-order valence-corrected chi connectivity index (χ1v) is 9.98. The number of hydrogen-bond acceptors (Lipinski definition) is 7. The highest BCUT2D eigenvalue weighted by Gasteiger charge is 2.20. The maximum absolute atomic E-state index is 12.2. The molecule has 1 saturated heterocycles. The van der Waals surface area contributed by atoms with Crippen molar-refractivity contribution in [1.82, 2.24) is 20.1 Å². The number of benzene rings is 1. The van der Waals surface area contributed by atoms with Crippen molar-refractivity contribution in [3.8, 4) is 5.75 Å². The van der Waals surface area contributed by atoms with Crippen LogP contribution >= 0.6 is 11.8 Å². The lowest BCUT2D eigenvalue weighted by Crippen LogP contribution is -2.38. The quantitative estimate of drug-likeness (QED) is 0.684. The molecule has 2 heterocycles. The zero-order valence-electron chi connectivity index (χ0n) is 15.7. The highest BCUT2D eigenvalue weighted by Crippen LogP contribution is 2.22. The summed E-state index contributed by atoms with van der Waals surface area (Å²) < 4.78 is 12.6. The number of carbonyl (C=O) groups excluding carboxylic acids is 1. The van der Waals surface area contributed by atoms with Gasteiger partial charge < -0.3 is 19.7 Å². The Labute approximate surface area is 163 Å². The zero-order valence-corrected chi connectivity index (χ0v) is 16.5. The van der Waals surface area contributed by atoms with Gasteiger partial charge in [-0.25, -0.2) is 0 Å². The Balaban J connectivity index is 1.51. The summed E-state index contributed by atoms with van der Waals surface area (Å²) >= 11 is 1.41. The summed E-state index contributed by atoms with van der Waals surface area (Å²) in [4.78, 5) is 14.4. The normalized spacial score (nSPS) is 14.2. The SMILES string of the molecule is CCn1c(SCC(=O)NCc2ccc(OC)cc2)nnc1N1CCOCC1. The summed E-state index contributed by atoms with van der Waals surface area (Å²) in [5, 5.41) is 12.3. The molecule has 8 nitrogen and oxygen atoms in total. The molecule has 1 aliphatic heterocycles. The maximum atomic E-state index is 12.2. The molecule has 0 spiro atoms. The first kappa shape index (κ1) is 19.5. The molecule has 0 atom stereocenters. The Morgan fingerprint density at radius 1 is 1.26 bits per heavy atom. The van der Waals surface area contributed by atoms with E-state index >= 15 is 0 Å². The minimum atomic E-state index is -0.0330. The summed E-state index contributed by atoms with van der Waals surface area (Å²) in [5.41, 5.74) is 1.03. The molecule has 1 amide bonds. The van der Waals surface area contributed by atoms with Gasteiger partial charge in [0.1, 0.15) is 5.75 Å². The van der Waals surface area contributed by atoms with Crippen LogP contribution in [0.1, 0.15) is 12.5 Å². The van der Waals surface area contributed by atoms with Crippen LogP contribution < -0.4 is 15.0 Å². The molecular weight excluding hydrogens is 366 g/mol. The molecule has 9 heteroatoms. The Bertz CT molecular complexity index is 744. The van der Waals surface area contributed by atoms with Crippen LogP contribution in [0.4, 0.5) is 5.95 Å². The van der Waals surface area contributed by atoms with E-state index in [0.29, 0.717) is 25.5 Å². The molecule has 1 N–H and O–H groups in total. The minimum Gasteiger partial charge on any atom is -0.497 e. The third kappa shape index (κ3) is 5.14. The van der Waals surface area contributed by atoms with Crippen LogP contribution in [0.25, 0.3) is 0 Å². The van der Waals surface area contributed by atoms with Crippen molar-refractivity contribution in [3.63, 3.8) is 0 Å². The monoisotopic (exact) mass is 391 g/mol. The van der Waals surface area contributed by atoms with Gasteiger partial charge in [-0.2, -0.15) is 0 Å². The third-order valence-electron chi connectivity index (χ3n) is 4.29. The van der Waals surface area contributed by atoms with Gasteiger partial charge in [-0.1, -0.05) is 23.9 Å². The number of thioether (sulfide) groups is 1. The molecular formula is C18H25N5O3S. The average molecular weight is 391 g/mol. The van der Waals surface area contributed by atoms with E-state index in [1.165, 1.54) is 11.8 Å². The lowest BCUT2D eigenvalue weighted by molar-refractivity contribution is -0.118. The fraction of sp³-hybridized carbons (Fsp3) is 0.500. The molecule has 1 fully saturated rings. The first-order valence-electron chi connectivity index (χ1n) is 8.99. The maximum Gasteiger partial charge on any atom is 0.230 e. The van der Waals surface area contributed by atoms with Crippen LogP contribution in [0.2, 0.25) is 0 Å². The number of rotatable bonds is 8. The van der Waals surface area contributed by atoms with Gasteiger partial charge in [-0.15, -0.1) is 10.2 Å². The Hall–Kier alpha value is -2.26. The van der Waals surface area contributed by atoms with E-state index in [2.05, 4.69) is 27.3 Å². The second kappa shape index (κ2) is 9.61. The zero-order chi connectivity index (χ0) is 19.1. The highest BCUT2D eigenvalue weighted by molar-refractivity contribution is 7.99. The van der Waals surface area contributed by atoms with E-state index in [1.807, 2.05) is 28.8 Å². The van der Waals surface area contributed by atoms with Crippen LogP contribution in [0.15, 0.2) is 29.4 Å². The number of nitrogens with zero attached hydrogens (tertiary/aromatic N) is 4.